The minimum Gasteiger partial charge on any atom is -0.491 e. The molecule has 0 aromatic heterocycles. The molecule has 0 aliphatic rings. The molecule has 0 aliphatic heterocycles. The number of rotatable bonds is 3. The van der Waals surface area contributed by atoms with Crippen molar-refractivity contribution in [1.82, 2.24) is 0 Å². The van der Waals surface area contributed by atoms with Crippen molar-refractivity contribution in [1.29, 1.82) is 0 Å². The Morgan fingerprint density at radius 2 is 2.25 bits per heavy atom. The van der Waals surface area contributed by atoms with Crippen LogP contribution in [0.3, 0.4) is 0 Å². The van der Waals surface area contributed by atoms with Crippen molar-refractivity contribution in [2.75, 3.05) is 13.2 Å². The van der Waals surface area contributed by atoms with Gasteiger partial charge in [-0.15, -0.1) is 0 Å². The highest BCUT2D eigenvalue weighted by atomic mass is 127. The van der Waals surface area contributed by atoms with Crippen LogP contribution in [0.15, 0.2) is 18.2 Å². The fourth-order valence-corrected chi connectivity index (χ4v) is 1.72. The standard InChI is InChI=1S/C9H12INO/c1-7-2-3-9(8(10)6-7)12-5-4-11/h2-3,6H,4-5,11H2,1H3. The Balaban J connectivity index is 2.72. The average Bonchev–Trinajstić information content (AvgIpc) is 2.03. The number of nitrogens with two attached hydrogens (primary N) is 1. The van der Waals surface area contributed by atoms with Crippen LogP contribution in [-0.2, 0) is 0 Å². The summed E-state index contributed by atoms with van der Waals surface area (Å²) in [5.74, 6) is 0.923. The van der Waals surface area contributed by atoms with Crippen molar-refractivity contribution in [3.05, 3.63) is 27.3 Å². The quantitative estimate of drug-likeness (QED) is 0.857. The SMILES string of the molecule is Cc1ccc(OCCN)c(I)c1. The molecule has 1 rings (SSSR count). The van der Waals surface area contributed by atoms with Crippen molar-refractivity contribution in [2.45, 2.75) is 6.92 Å². The van der Waals surface area contributed by atoms with Gasteiger partial charge in [0.25, 0.3) is 0 Å². The molecule has 12 heavy (non-hydrogen) atoms. The molecular formula is C9H12INO. The van der Waals surface area contributed by atoms with Crippen LogP contribution in [0.25, 0.3) is 0 Å². The number of aryl methyl sites for hydroxylation is 1. The van der Waals surface area contributed by atoms with Gasteiger partial charge in [-0.05, 0) is 47.2 Å². The van der Waals surface area contributed by atoms with Gasteiger partial charge >= 0.3 is 0 Å². The second-order valence-electron chi connectivity index (χ2n) is 2.57. The van der Waals surface area contributed by atoms with Crippen LogP contribution in [0, 0.1) is 10.5 Å². The second kappa shape index (κ2) is 4.67. The molecule has 0 atom stereocenters. The molecule has 0 radical (unpaired) electrons. The largest absolute Gasteiger partial charge is 0.491 e. The van der Waals surface area contributed by atoms with Crippen LogP contribution in [0.5, 0.6) is 5.75 Å². The van der Waals surface area contributed by atoms with Crippen molar-refractivity contribution in [3.63, 3.8) is 0 Å². The molecule has 0 bridgehead atoms. The van der Waals surface area contributed by atoms with Gasteiger partial charge in [-0.25, -0.2) is 0 Å². The van der Waals surface area contributed by atoms with Crippen LogP contribution in [0.2, 0.25) is 0 Å². The highest BCUT2D eigenvalue weighted by Crippen LogP contribution is 2.21. The monoisotopic (exact) mass is 277 g/mol. The average molecular weight is 277 g/mol. The van der Waals surface area contributed by atoms with Crippen LogP contribution >= 0.6 is 22.6 Å². The van der Waals surface area contributed by atoms with Crippen LogP contribution in [-0.4, -0.2) is 13.2 Å². The minimum atomic E-state index is 0.559. The maximum Gasteiger partial charge on any atom is 0.132 e. The van der Waals surface area contributed by atoms with Crippen molar-refractivity contribution in [2.24, 2.45) is 5.73 Å². The molecule has 3 heteroatoms. The minimum absolute atomic E-state index is 0.559. The Hall–Kier alpha value is -0.290. The van der Waals surface area contributed by atoms with E-state index in [4.69, 9.17) is 10.5 Å². The lowest BCUT2D eigenvalue weighted by Crippen LogP contribution is -2.11. The molecule has 0 amide bonds. The van der Waals surface area contributed by atoms with E-state index in [0.717, 1.165) is 9.32 Å². The predicted molar refractivity (Wildman–Crippen MR) is 58.4 cm³/mol. The van der Waals surface area contributed by atoms with E-state index in [-0.39, 0.29) is 0 Å². The molecule has 0 heterocycles. The smallest absolute Gasteiger partial charge is 0.132 e. The maximum atomic E-state index is 5.41. The Morgan fingerprint density at radius 3 is 2.83 bits per heavy atom. The molecule has 0 unspecified atom stereocenters. The Labute approximate surface area is 86.2 Å². The zero-order valence-corrected chi connectivity index (χ0v) is 9.17. The van der Waals surface area contributed by atoms with E-state index in [1.165, 1.54) is 5.56 Å². The summed E-state index contributed by atoms with van der Waals surface area (Å²) in [6.07, 6.45) is 0. The van der Waals surface area contributed by atoms with Gasteiger partial charge in [-0.3, -0.25) is 0 Å². The second-order valence-corrected chi connectivity index (χ2v) is 3.73. The molecule has 0 saturated carbocycles. The first-order valence-corrected chi connectivity index (χ1v) is 4.91. The lowest BCUT2D eigenvalue weighted by Gasteiger charge is -2.06. The number of hydrogen-bond donors (Lipinski definition) is 1. The van der Waals surface area contributed by atoms with E-state index in [0.29, 0.717) is 13.2 Å². The highest BCUT2D eigenvalue weighted by molar-refractivity contribution is 14.1. The summed E-state index contributed by atoms with van der Waals surface area (Å²) in [4.78, 5) is 0. The molecule has 1 aromatic rings. The summed E-state index contributed by atoms with van der Waals surface area (Å²) < 4.78 is 6.55. The third kappa shape index (κ3) is 2.64. The fraction of sp³-hybridized carbons (Fsp3) is 0.333. The first kappa shape index (κ1) is 9.80. The summed E-state index contributed by atoms with van der Waals surface area (Å²) in [5.41, 5.74) is 6.58. The van der Waals surface area contributed by atoms with Crippen LogP contribution < -0.4 is 10.5 Å². The summed E-state index contributed by atoms with van der Waals surface area (Å²) in [6, 6.07) is 6.10. The third-order valence-corrected chi connectivity index (χ3v) is 2.31. The maximum absolute atomic E-state index is 5.41. The van der Waals surface area contributed by atoms with Gasteiger partial charge in [0.2, 0.25) is 0 Å². The van der Waals surface area contributed by atoms with Gasteiger partial charge < -0.3 is 10.5 Å². The summed E-state index contributed by atoms with van der Waals surface area (Å²) >= 11 is 2.26. The van der Waals surface area contributed by atoms with E-state index >= 15 is 0 Å². The molecule has 66 valence electrons. The lowest BCUT2D eigenvalue weighted by molar-refractivity contribution is 0.326. The Kier molecular flexibility index (Phi) is 3.81. The van der Waals surface area contributed by atoms with E-state index in [1.807, 2.05) is 12.1 Å². The van der Waals surface area contributed by atoms with Gasteiger partial charge in [0.05, 0.1) is 3.57 Å². The number of benzene rings is 1. The molecule has 0 aliphatic carbocycles. The highest BCUT2D eigenvalue weighted by Gasteiger charge is 1.98. The van der Waals surface area contributed by atoms with Gasteiger partial charge in [0.1, 0.15) is 12.4 Å². The van der Waals surface area contributed by atoms with Gasteiger partial charge in [-0.1, -0.05) is 6.07 Å². The first-order chi connectivity index (χ1) is 5.74. The Morgan fingerprint density at radius 1 is 1.50 bits per heavy atom. The van der Waals surface area contributed by atoms with Gasteiger partial charge in [0, 0.05) is 6.54 Å². The number of ether oxygens (including phenoxy) is 1. The topological polar surface area (TPSA) is 35.2 Å². The Bertz CT molecular complexity index is 263. The van der Waals surface area contributed by atoms with Crippen molar-refractivity contribution in [3.8, 4) is 5.75 Å². The van der Waals surface area contributed by atoms with Gasteiger partial charge in [0.15, 0.2) is 0 Å². The first-order valence-electron chi connectivity index (χ1n) is 3.83. The molecule has 2 N–H and O–H groups in total. The fourth-order valence-electron chi connectivity index (χ4n) is 0.892. The molecular weight excluding hydrogens is 265 g/mol. The van der Waals surface area contributed by atoms with Crippen molar-refractivity contribution < 1.29 is 4.74 Å². The van der Waals surface area contributed by atoms with E-state index in [1.54, 1.807) is 0 Å². The zero-order chi connectivity index (χ0) is 8.97. The number of hydrogen-bond acceptors (Lipinski definition) is 2. The van der Waals surface area contributed by atoms with Crippen LogP contribution in [0.1, 0.15) is 5.56 Å². The van der Waals surface area contributed by atoms with Crippen molar-refractivity contribution >= 4 is 22.6 Å². The van der Waals surface area contributed by atoms with E-state index in [9.17, 15) is 0 Å². The number of halogens is 1. The molecule has 0 fully saturated rings. The normalized spacial score (nSPS) is 9.92. The summed E-state index contributed by atoms with van der Waals surface area (Å²) in [5, 5.41) is 0. The van der Waals surface area contributed by atoms with Gasteiger partial charge in [-0.2, -0.15) is 0 Å². The van der Waals surface area contributed by atoms with E-state index in [2.05, 4.69) is 35.6 Å². The third-order valence-electron chi connectivity index (χ3n) is 1.46. The molecule has 1 aromatic carbocycles. The molecule has 2 nitrogen and oxygen atoms in total. The van der Waals surface area contributed by atoms with E-state index < -0.39 is 0 Å². The lowest BCUT2D eigenvalue weighted by atomic mass is 10.2. The van der Waals surface area contributed by atoms with Crippen LogP contribution in [0.4, 0.5) is 0 Å². The summed E-state index contributed by atoms with van der Waals surface area (Å²) in [7, 11) is 0. The molecule has 0 spiro atoms. The zero-order valence-electron chi connectivity index (χ0n) is 7.01. The molecule has 0 saturated heterocycles. The predicted octanol–water partition coefficient (Wildman–Crippen LogP) is 1.94. The summed E-state index contributed by atoms with van der Waals surface area (Å²) in [6.45, 7) is 3.21.